The van der Waals surface area contributed by atoms with Crippen LogP contribution in [-0.2, 0) is 4.74 Å². The molecule has 0 aromatic heterocycles. The summed E-state index contributed by atoms with van der Waals surface area (Å²) in [4.78, 5) is 15.9. The Morgan fingerprint density at radius 3 is 2.71 bits per heavy atom. The van der Waals surface area contributed by atoms with Crippen LogP contribution in [0.4, 0.5) is 11.4 Å². The van der Waals surface area contributed by atoms with E-state index in [0.717, 1.165) is 0 Å². The van der Waals surface area contributed by atoms with E-state index in [1.807, 2.05) is 4.90 Å². The number of carbonyl (C=O) groups is 1. The van der Waals surface area contributed by atoms with Crippen LogP contribution in [0.25, 0.3) is 4.98 Å². The normalized spacial score (nSPS) is 15.4. The summed E-state index contributed by atoms with van der Waals surface area (Å²) in [6, 6.07) is 4.46. The first-order valence-electron chi connectivity index (χ1n) is 5.25. The molecular weight excluding hydrogens is 222 g/mol. The molecule has 1 aromatic carbocycles. The van der Waals surface area contributed by atoms with Crippen LogP contribution in [0.3, 0.4) is 0 Å². The van der Waals surface area contributed by atoms with Crippen LogP contribution in [0.5, 0.6) is 0 Å². The molecule has 17 heavy (non-hydrogen) atoms. The van der Waals surface area contributed by atoms with E-state index in [1.165, 1.54) is 6.07 Å². The molecule has 0 radical (unpaired) electrons. The third-order valence-corrected chi connectivity index (χ3v) is 2.67. The molecule has 6 heteroatoms. The molecule has 88 valence electrons. The molecule has 1 fully saturated rings. The maximum absolute atomic E-state index is 11.0. The molecule has 0 saturated carbocycles. The Labute approximate surface area is 98.0 Å². The molecule has 0 atom stereocenters. The van der Waals surface area contributed by atoms with Crippen LogP contribution in [0.2, 0.25) is 0 Å². The summed E-state index contributed by atoms with van der Waals surface area (Å²) in [6.45, 7) is 2.41. The van der Waals surface area contributed by atoms with Crippen molar-refractivity contribution in [2.24, 2.45) is 0 Å². The van der Waals surface area contributed by atoms with E-state index in [9.17, 15) is 9.90 Å². The van der Waals surface area contributed by atoms with Crippen LogP contribution in [-0.4, -0.2) is 32.3 Å². The van der Waals surface area contributed by atoms with Gasteiger partial charge in [-0.25, -0.2) is 0 Å². The first-order valence-corrected chi connectivity index (χ1v) is 5.25. The molecule has 0 unspecified atom stereocenters. The van der Waals surface area contributed by atoms with Gasteiger partial charge >= 0.3 is 5.69 Å². The van der Waals surface area contributed by atoms with Crippen molar-refractivity contribution in [2.75, 3.05) is 31.2 Å². The van der Waals surface area contributed by atoms with Gasteiger partial charge in [-0.3, -0.25) is 0 Å². The molecule has 0 spiro atoms. The standard InChI is InChI=1S/C11H11N3O3/c12-13-8-1-2-10(9(7-8)11(15)16)14-3-5-17-6-4-14/h1-2,7H,3-6H2. The fourth-order valence-corrected chi connectivity index (χ4v) is 1.83. The van der Waals surface area contributed by atoms with Gasteiger partial charge in [-0.15, -0.1) is 0 Å². The van der Waals surface area contributed by atoms with Gasteiger partial charge in [-0.05, 0) is 6.07 Å². The molecule has 1 aromatic rings. The quantitative estimate of drug-likeness (QED) is 0.689. The third kappa shape index (κ3) is 2.34. The van der Waals surface area contributed by atoms with E-state index in [4.69, 9.17) is 10.1 Å². The number of diazo groups is 1. The Balaban J connectivity index is 2.38. The summed E-state index contributed by atoms with van der Waals surface area (Å²) in [5.41, 5.74) is 0.795. The van der Waals surface area contributed by atoms with Gasteiger partial charge in [-0.2, -0.15) is 0 Å². The number of carbonyl (C=O) groups excluding carboxylic acids is 1. The lowest BCUT2D eigenvalue weighted by Gasteiger charge is -2.30. The highest BCUT2D eigenvalue weighted by atomic mass is 16.5. The number of aromatic carboxylic acids is 1. The van der Waals surface area contributed by atoms with Crippen LogP contribution in [0.15, 0.2) is 18.2 Å². The predicted octanol–water partition coefficient (Wildman–Crippen LogP) is 0.371. The summed E-state index contributed by atoms with van der Waals surface area (Å²) < 4.78 is 5.20. The number of morpholine rings is 1. The van der Waals surface area contributed by atoms with Crippen molar-refractivity contribution >= 4 is 17.3 Å². The largest absolute Gasteiger partial charge is 0.545 e. The van der Waals surface area contributed by atoms with Crippen LogP contribution >= 0.6 is 0 Å². The summed E-state index contributed by atoms with van der Waals surface area (Å²) >= 11 is 0. The lowest BCUT2D eigenvalue weighted by atomic mass is 10.1. The second-order valence-electron chi connectivity index (χ2n) is 3.69. The summed E-state index contributed by atoms with van der Waals surface area (Å²) in [6.07, 6.45) is 0. The fourth-order valence-electron chi connectivity index (χ4n) is 1.83. The van der Waals surface area contributed by atoms with Gasteiger partial charge in [0, 0.05) is 36.5 Å². The van der Waals surface area contributed by atoms with E-state index in [0.29, 0.717) is 32.0 Å². The number of carboxylic acids is 1. The predicted molar refractivity (Wildman–Crippen MR) is 58.5 cm³/mol. The minimum Gasteiger partial charge on any atom is -0.545 e. The van der Waals surface area contributed by atoms with Crippen molar-refractivity contribution in [3.63, 3.8) is 0 Å². The molecule has 6 nitrogen and oxygen atoms in total. The number of ether oxygens (including phenoxy) is 1. The van der Waals surface area contributed by atoms with Crippen molar-refractivity contribution in [3.05, 3.63) is 28.7 Å². The molecule has 0 aliphatic carbocycles. The first-order chi connectivity index (χ1) is 8.22. The molecule has 0 N–H and O–H groups in total. The molecule has 1 heterocycles. The van der Waals surface area contributed by atoms with E-state index in [2.05, 4.69) is 4.98 Å². The molecule has 1 aliphatic heterocycles. The van der Waals surface area contributed by atoms with Crippen molar-refractivity contribution in [1.82, 2.24) is 0 Å². The Bertz CT molecular complexity index is 475. The maximum atomic E-state index is 11.0. The highest BCUT2D eigenvalue weighted by Crippen LogP contribution is 2.26. The summed E-state index contributed by atoms with van der Waals surface area (Å²) in [7, 11) is 0. The lowest BCUT2D eigenvalue weighted by Crippen LogP contribution is -2.38. The zero-order chi connectivity index (χ0) is 12.3. The number of anilines is 1. The maximum Gasteiger partial charge on any atom is 0.385 e. The number of rotatable bonds is 2. The van der Waals surface area contributed by atoms with Gasteiger partial charge in [0.25, 0.3) is 0 Å². The molecular formula is C11H11N3O3. The molecule has 0 bridgehead atoms. The van der Waals surface area contributed by atoms with Gasteiger partial charge in [0.05, 0.1) is 19.2 Å². The van der Waals surface area contributed by atoms with Gasteiger partial charge in [-0.1, -0.05) is 0 Å². The Morgan fingerprint density at radius 1 is 1.41 bits per heavy atom. The number of benzene rings is 1. The summed E-state index contributed by atoms with van der Waals surface area (Å²) in [5, 5.41) is 19.7. The van der Waals surface area contributed by atoms with Crippen molar-refractivity contribution in [3.8, 4) is 0 Å². The van der Waals surface area contributed by atoms with Crippen LogP contribution < -0.4 is 10.0 Å². The SMILES string of the molecule is N#[N+]c1ccc(N2CCOCC2)c(C(=O)[O-])c1. The van der Waals surface area contributed by atoms with Gasteiger partial charge in [0.1, 0.15) is 0 Å². The zero-order valence-corrected chi connectivity index (χ0v) is 9.13. The second-order valence-corrected chi connectivity index (χ2v) is 3.69. The number of hydrogen-bond donors (Lipinski definition) is 0. The molecule has 2 rings (SSSR count). The van der Waals surface area contributed by atoms with Gasteiger partial charge < -0.3 is 19.5 Å². The van der Waals surface area contributed by atoms with Crippen molar-refractivity contribution in [2.45, 2.75) is 0 Å². The van der Waals surface area contributed by atoms with Gasteiger partial charge in [0.2, 0.25) is 5.39 Å². The second kappa shape index (κ2) is 4.80. The van der Waals surface area contributed by atoms with Crippen LogP contribution in [0.1, 0.15) is 10.4 Å². The molecule has 0 amide bonds. The van der Waals surface area contributed by atoms with Crippen molar-refractivity contribution < 1.29 is 14.6 Å². The molecule has 1 aliphatic rings. The third-order valence-electron chi connectivity index (χ3n) is 2.67. The Morgan fingerprint density at radius 2 is 2.12 bits per heavy atom. The number of nitrogens with zero attached hydrogens (tertiary/aromatic N) is 3. The monoisotopic (exact) mass is 233 g/mol. The minimum atomic E-state index is -1.28. The number of carboxylic acid groups (broad SMARTS) is 1. The minimum absolute atomic E-state index is 0.0298. The average Bonchev–Trinajstić information content (AvgIpc) is 2.39. The fraction of sp³-hybridized carbons (Fsp3) is 0.364. The Kier molecular flexibility index (Phi) is 3.21. The van der Waals surface area contributed by atoms with Gasteiger partial charge in [0.15, 0.2) is 4.98 Å². The lowest BCUT2D eigenvalue weighted by molar-refractivity contribution is -0.254. The Hall–Kier alpha value is -2.13. The van der Waals surface area contributed by atoms with E-state index in [-0.39, 0.29) is 11.3 Å². The zero-order valence-electron chi connectivity index (χ0n) is 9.13. The first kappa shape index (κ1) is 11.4. The van der Waals surface area contributed by atoms with Crippen LogP contribution in [0, 0.1) is 5.39 Å². The topological polar surface area (TPSA) is 80.8 Å². The molecule has 1 saturated heterocycles. The highest BCUT2D eigenvalue weighted by Gasteiger charge is 2.18. The van der Waals surface area contributed by atoms with Crippen molar-refractivity contribution in [1.29, 1.82) is 5.39 Å². The number of hydrogen-bond acceptors (Lipinski definition) is 5. The average molecular weight is 233 g/mol. The smallest absolute Gasteiger partial charge is 0.385 e. The van der Waals surface area contributed by atoms with E-state index < -0.39 is 5.97 Å². The summed E-state index contributed by atoms with van der Waals surface area (Å²) in [5.74, 6) is -1.28. The van der Waals surface area contributed by atoms with E-state index >= 15 is 0 Å². The highest BCUT2D eigenvalue weighted by molar-refractivity contribution is 5.94. The van der Waals surface area contributed by atoms with E-state index in [1.54, 1.807) is 12.1 Å².